The molecule has 0 aliphatic carbocycles. The fraction of sp³-hybridized carbons (Fsp3) is 0.500. The van der Waals surface area contributed by atoms with Crippen molar-refractivity contribution in [2.24, 2.45) is 5.92 Å². The lowest BCUT2D eigenvalue weighted by Crippen LogP contribution is -2.37. The van der Waals surface area contributed by atoms with Crippen LogP contribution >= 0.6 is 0 Å². The second-order valence-electron chi connectivity index (χ2n) is 4.90. The lowest BCUT2D eigenvalue weighted by Gasteiger charge is -2.26. The lowest BCUT2D eigenvalue weighted by molar-refractivity contribution is -0.140. The van der Waals surface area contributed by atoms with E-state index in [9.17, 15) is 9.59 Å². The van der Waals surface area contributed by atoms with Crippen molar-refractivity contribution in [1.82, 2.24) is 4.90 Å². The van der Waals surface area contributed by atoms with Gasteiger partial charge in [-0.2, -0.15) is 0 Å². The van der Waals surface area contributed by atoms with E-state index in [1.165, 1.54) is 0 Å². The molecule has 4 heteroatoms. The number of amides is 1. The molecule has 20 heavy (non-hydrogen) atoms. The van der Waals surface area contributed by atoms with Crippen molar-refractivity contribution < 1.29 is 14.7 Å². The SMILES string of the molecule is CCC(CC)C(=O)N(CCC(=O)O)Cc1ccccc1. The van der Waals surface area contributed by atoms with Crippen molar-refractivity contribution >= 4 is 11.9 Å². The number of carboxylic acids is 1. The number of aliphatic carboxylic acids is 1. The molecule has 1 amide bonds. The van der Waals surface area contributed by atoms with E-state index in [1.807, 2.05) is 44.2 Å². The fourth-order valence-electron chi connectivity index (χ4n) is 2.20. The Hall–Kier alpha value is -1.84. The molecule has 0 spiro atoms. The van der Waals surface area contributed by atoms with E-state index >= 15 is 0 Å². The first-order valence-electron chi connectivity index (χ1n) is 7.13. The molecule has 1 aromatic carbocycles. The molecule has 1 aromatic rings. The second kappa shape index (κ2) is 8.35. The van der Waals surface area contributed by atoms with E-state index in [-0.39, 0.29) is 24.8 Å². The third-order valence-electron chi connectivity index (χ3n) is 3.46. The maximum atomic E-state index is 12.5. The average Bonchev–Trinajstić information content (AvgIpc) is 2.45. The number of rotatable bonds is 8. The second-order valence-corrected chi connectivity index (χ2v) is 4.90. The highest BCUT2D eigenvalue weighted by molar-refractivity contribution is 5.79. The molecule has 0 radical (unpaired) electrons. The van der Waals surface area contributed by atoms with Gasteiger partial charge in [0.2, 0.25) is 5.91 Å². The Morgan fingerprint density at radius 1 is 1.15 bits per heavy atom. The largest absolute Gasteiger partial charge is 0.481 e. The third kappa shape index (κ3) is 5.03. The number of hydrogen-bond donors (Lipinski definition) is 1. The summed E-state index contributed by atoms with van der Waals surface area (Å²) in [5, 5.41) is 8.83. The number of carbonyl (C=O) groups is 2. The topological polar surface area (TPSA) is 57.6 Å². The molecule has 4 nitrogen and oxygen atoms in total. The number of benzene rings is 1. The monoisotopic (exact) mass is 277 g/mol. The fourth-order valence-corrected chi connectivity index (χ4v) is 2.20. The summed E-state index contributed by atoms with van der Waals surface area (Å²) in [7, 11) is 0. The van der Waals surface area contributed by atoms with Crippen LogP contribution in [0, 0.1) is 5.92 Å². The molecule has 0 aromatic heterocycles. The van der Waals surface area contributed by atoms with Gasteiger partial charge in [-0.15, -0.1) is 0 Å². The van der Waals surface area contributed by atoms with Crippen molar-refractivity contribution in [2.75, 3.05) is 6.54 Å². The lowest BCUT2D eigenvalue weighted by atomic mass is 10.0. The predicted molar refractivity (Wildman–Crippen MR) is 78.2 cm³/mol. The molecule has 0 atom stereocenters. The average molecular weight is 277 g/mol. The predicted octanol–water partition coefficient (Wildman–Crippen LogP) is 2.93. The van der Waals surface area contributed by atoms with Crippen LogP contribution in [0.1, 0.15) is 38.7 Å². The summed E-state index contributed by atoms with van der Waals surface area (Å²) >= 11 is 0. The van der Waals surface area contributed by atoms with E-state index in [0.717, 1.165) is 18.4 Å². The summed E-state index contributed by atoms with van der Waals surface area (Å²) in [6, 6.07) is 9.67. The van der Waals surface area contributed by atoms with E-state index in [2.05, 4.69) is 0 Å². The van der Waals surface area contributed by atoms with E-state index in [4.69, 9.17) is 5.11 Å². The maximum Gasteiger partial charge on any atom is 0.305 e. The number of carbonyl (C=O) groups excluding carboxylic acids is 1. The molecule has 0 aliphatic heterocycles. The van der Waals surface area contributed by atoms with Crippen molar-refractivity contribution in [1.29, 1.82) is 0 Å². The van der Waals surface area contributed by atoms with Gasteiger partial charge in [0, 0.05) is 19.0 Å². The normalized spacial score (nSPS) is 10.6. The minimum Gasteiger partial charge on any atom is -0.481 e. The van der Waals surface area contributed by atoms with Gasteiger partial charge in [-0.3, -0.25) is 9.59 Å². The van der Waals surface area contributed by atoms with Gasteiger partial charge in [0.05, 0.1) is 6.42 Å². The Labute approximate surface area is 120 Å². The van der Waals surface area contributed by atoms with Crippen LogP contribution in [-0.2, 0) is 16.1 Å². The summed E-state index contributed by atoms with van der Waals surface area (Å²) in [5.41, 5.74) is 1.03. The summed E-state index contributed by atoms with van der Waals surface area (Å²) < 4.78 is 0. The molecule has 1 N–H and O–H groups in total. The molecule has 0 unspecified atom stereocenters. The number of nitrogens with zero attached hydrogens (tertiary/aromatic N) is 1. The van der Waals surface area contributed by atoms with Crippen LogP contribution in [0.4, 0.5) is 0 Å². The minimum atomic E-state index is -0.875. The highest BCUT2D eigenvalue weighted by Gasteiger charge is 2.22. The minimum absolute atomic E-state index is 0.0152. The zero-order valence-electron chi connectivity index (χ0n) is 12.2. The van der Waals surface area contributed by atoms with Gasteiger partial charge in [0.1, 0.15) is 0 Å². The van der Waals surface area contributed by atoms with E-state index < -0.39 is 5.97 Å². The van der Waals surface area contributed by atoms with Gasteiger partial charge < -0.3 is 10.0 Å². The zero-order chi connectivity index (χ0) is 15.0. The Balaban J connectivity index is 2.78. The quantitative estimate of drug-likeness (QED) is 0.795. The molecule has 0 heterocycles. The summed E-state index contributed by atoms with van der Waals surface area (Å²) in [4.78, 5) is 24.9. The summed E-state index contributed by atoms with van der Waals surface area (Å²) in [6.07, 6.45) is 1.56. The first kappa shape index (κ1) is 16.2. The van der Waals surface area contributed by atoms with Crippen LogP contribution in [0.25, 0.3) is 0 Å². The van der Waals surface area contributed by atoms with Crippen LogP contribution < -0.4 is 0 Å². The molecule has 0 aliphatic rings. The van der Waals surface area contributed by atoms with Gasteiger partial charge in [0.15, 0.2) is 0 Å². The van der Waals surface area contributed by atoms with Crippen LogP contribution in [0.2, 0.25) is 0 Å². The maximum absolute atomic E-state index is 12.5. The molecule has 110 valence electrons. The summed E-state index contributed by atoms with van der Waals surface area (Å²) in [6.45, 7) is 4.72. The molecule has 0 bridgehead atoms. The number of carboxylic acid groups (broad SMARTS) is 1. The van der Waals surface area contributed by atoms with Crippen LogP contribution in [0.5, 0.6) is 0 Å². The third-order valence-corrected chi connectivity index (χ3v) is 3.46. The van der Waals surface area contributed by atoms with Crippen molar-refractivity contribution in [3.8, 4) is 0 Å². The van der Waals surface area contributed by atoms with E-state index in [1.54, 1.807) is 4.90 Å². The first-order valence-corrected chi connectivity index (χ1v) is 7.13. The van der Waals surface area contributed by atoms with Gasteiger partial charge in [-0.05, 0) is 18.4 Å². The smallest absolute Gasteiger partial charge is 0.305 e. The highest BCUT2D eigenvalue weighted by Crippen LogP contribution is 2.15. The van der Waals surface area contributed by atoms with Crippen molar-refractivity contribution in [3.63, 3.8) is 0 Å². The Kier molecular flexibility index (Phi) is 6.77. The molecule has 0 saturated carbocycles. The Morgan fingerprint density at radius 2 is 1.75 bits per heavy atom. The van der Waals surface area contributed by atoms with Crippen LogP contribution in [0.15, 0.2) is 30.3 Å². The summed E-state index contributed by atoms with van der Waals surface area (Å²) in [5.74, 6) is -0.840. The number of hydrogen-bond acceptors (Lipinski definition) is 2. The molecule has 0 fully saturated rings. The van der Waals surface area contributed by atoms with E-state index in [0.29, 0.717) is 6.54 Å². The van der Waals surface area contributed by atoms with Crippen molar-refractivity contribution in [2.45, 2.75) is 39.7 Å². The highest BCUT2D eigenvalue weighted by atomic mass is 16.4. The van der Waals surface area contributed by atoms with Gasteiger partial charge in [-0.1, -0.05) is 44.2 Å². The van der Waals surface area contributed by atoms with Crippen LogP contribution in [-0.4, -0.2) is 28.4 Å². The zero-order valence-corrected chi connectivity index (χ0v) is 12.2. The Morgan fingerprint density at radius 3 is 2.25 bits per heavy atom. The van der Waals surface area contributed by atoms with Gasteiger partial charge >= 0.3 is 5.97 Å². The van der Waals surface area contributed by atoms with Crippen molar-refractivity contribution in [3.05, 3.63) is 35.9 Å². The van der Waals surface area contributed by atoms with Crippen LogP contribution in [0.3, 0.4) is 0 Å². The standard InChI is InChI=1S/C16H23NO3/c1-3-14(4-2)16(20)17(11-10-15(18)19)12-13-8-6-5-7-9-13/h5-9,14H,3-4,10-12H2,1-2H3,(H,18,19). The Bertz CT molecular complexity index is 427. The molecular formula is C16H23NO3. The van der Waals surface area contributed by atoms with Gasteiger partial charge in [-0.25, -0.2) is 0 Å². The molecule has 1 rings (SSSR count). The molecular weight excluding hydrogens is 254 g/mol. The van der Waals surface area contributed by atoms with Gasteiger partial charge in [0.25, 0.3) is 0 Å². The first-order chi connectivity index (χ1) is 9.58. The molecule has 0 saturated heterocycles.